The number of anilines is 2. The summed E-state index contributed by atoms with van der Waals surface area (Å²) in [6.07, 6.45) is -0.737. The lowest BCUT2D eigenvalue weighted by molar-refractivity contribution is 0.0389. The Balaban J connectivity index is 1.68. The maximum Gasteiger partial charge on any atom is 0.323 e. The fraction of sp³-hybridized carbons (Fsp3) is 0.333. The first-order chi connectivity index (χ1) is 19.9. The van der Waals surface area contributed by atoms with Gasteiger partial charge in [0.1, 0.15) is 11.9 Å². The van der Waals surface area contributed by atoms with Crippen molar-refractivity contribution in [1.29, 1.82) is 0 Å². The standard InChI is InChI=1S/C30H35FN4O6S/c1-19-8-14-24(15-9-19)42(39,40)34(4)17-27-20(2)16-35(21(3)18-36)29(37)25-6-5-7-26(28(25)41-27)33-30(38)32-23-12-10-22(31)11-13-23/h5-15,20-21,27,36H,16-18H2,1-4H3,(H2,32,33,38)/t20-,21-,27+/m0/s1. The first kappa shape index (κ1) is 30.9. The molecular weight excluding hydrogens is 563 g/mol. The number of aliphatic hydroxyl groups excluding tert-OH is 1. The molecule has 224 valence electrons. The van der Waals surface area contributed by atoms with Crippen LogP contribution in [0, 0.1) is 18.7 Å². The van der Waals surface area contributed by atoms with E-state index in [0.29, 0.717) is 5.69 Å². The van der Waals surface area contributed by atoms with Gasteiger partial charge in [-0.05, 0) is 62.4 Å². The number of hydrogen-bond donors (Lipinski definition) is 3. The number of halogens is 1. The topological polar surface area (TPSA) is 128 Å². The van der Waals surface area contributed by atoms with E-state index in [1.54, 1.807) is 49.4 Å². The van der Waals surface area contributed by atoms with E-state index in [1.807, 2.05) is 13.8 Å². The predicted octanol–water partition coefficient (Wildman–Crippen LogP) is 4.32. The van der Waals surface area contributed by atoms with Gasteiger partial charge >= 0.3 is 6.03 Å². The van der Waals surface area contributed by atoms with Gasteiger partial charge in [0, 0.05) is 25.2 Å². The molecule has 0 saturated carbocycles. The molecule has 0 radical (unpaired) electrons. The van der Waals surface area contributed by atoms with Gasteiger partial charge in [0.25, 0.3) is 5.91 Å². The number of rotatable bonds is 8. The number of aryl methyl sites for hydroxylation is 1. The Hall–Kier alpha value is -4.00. The Kier molecular flexibility index (Phi) is 9.50. The molecule has 10 nitrogen and oxygen atoms in total. The minimum atomic E-state index is -3.86. The second-order valence-corrected chi connectivity index (χ2v) is 12.5. The highest BCUT2D eigenvalue weighted by molar-refractivity contribution is 7.89. The molecule has 42 heavy (non-hydrogen) atoms. The summed E-state index contributed by atoms with van der Waals surface area (Å²) in [7, 11) is -2.40. The quantitative estimate of drug-likeness (QED) is 0.354. The summed E-state index contributed by atoms with van der Waals surface area (Å²) in [5, 5.41) is 15.2. The minimum absolute atomic E-state index is 0.0531. The Labute approximate surface area is 245 Å². The van der Waals surface area contributed by atoms with Gasteiger partial charge in [0.05, 0.1) is 35.3 Å². The number of nitrogens with zero attached hydrogens (tertiary/aromatic N) is 2. The van der Waals surface area contributed by atoms with Gasteiger partial charge in [-0.2, -0.15) is 4.31 Å². The zero-order valence-electron chi connectivity index (χ0n) is 23.9. The largest absolute Gasteiger partial charge is 0.486 e. The van der Waals surface area contributed by atoms with Gasteiger partial charge in [-0.15, -0.1) is 0 Å². The van der Waals surface area contributed by atoms with Gasteiger partial charge < -0.3 is 25.4 Å². The fourth-order valence-corrected chi connectivity index (χ4v) is 5.80. The summed E-state index contributed by atoms with van der Waals surface area (Å²) in [4.78, 5) is 28.2. The van der Waals surface area contributed by atoms with Crippen molar-refractivity contribution in [2.45, 2.75) is 37.8 Å². The number of hydrogen-bond acceptors (Lipinski definition) is 6. The zero-order chi connectivity index (χ0) is 30.6. The fourth-order valence-electron chi connectivity index (χ4n) is 4.62. The highest BCUT2D eigenvalue weighted by Gasteiger charge is 2.36. The molecule has 12 heteroatoms. The number of likely N-dealkylation sites (N-methyl/N-ethyl adjacent to an activating group) is 1. The maximum absolute atomic E-state index is 13.7. The van der Waals surface area contributed by atoms with Crippen molar-refractivity contribution in [3.05, 3.63) is 83.7 Å². The van der Waals surface area contributed by atoms with E-state index in [4.69, 9.17) is 4.74 Å². The van der Waals surface area contributed by atoms with Crippen LogP contribution in [0.1, 0.15) is 29.8 Å². The number of carbonyl (C=O) groups is 2. The molecule has 1 heterocycles. The van der Waals surface area contributed by atoms with E-state index >= 15 is 0 Å². The van der Waals surface area contributed by atoms with Crippen molar-refractivity contribution in [2.24, 2.45) is 5.92 Å². The van der Waals surface area contributed by atoms with Gasteiger partial charge in [0.2, 0.25) is 10.0 Å². The van der Waals surface area contributed by atoms with E-state index in [9.17, 15) is 27.5 Å². The maximum atomic E-state index is 13.7. The van der Waals surface area contributed by atoms with Crippen molar-refractivity contribution >= 4 is 33.3 Å². The summed E-state index contributed by atoms with van der Waals surface area (Å²) < 4.78 is 47.7. The normalized spacial score (nSPS) is 18.0. The van der Waals surface area contributed by atoms with E-state index in [-0.39, 0.29) is 47.5 Å². The molecule has 3 aromatic carbocycles. The molecule has 3 aromatic rings. The lowest BCUT2D eigenvalue weighted by atomic mass is 9.99. The van der Waals surface area contributed by atoms with Gasteiger partial charge in [-0.3, -0.25) is 4.79 Å². The van der Waals surface area contributed by atoms with Gasteiger partial charge in [-0.1, -0.05) is 30.7 Å². The third kappa shape index (κ3) is 6.89. The first-order valence-electron chi connectivity index (χ1n) is 13.5. The number of aliphatic hydroxyl groups is 1. The third-order valence-electron chi connectivity index (χ3n) is 7.21. The van der Waals surface area contributed by atoms with Crippen molar-refractivity contribution < 1.29 is 32.2 Å². The van der Waals surface area contributed by atoms with Crippen molar-refractivity contribution in [3.63, 3.8) is 0 Å². The van der Waals surface area contributed by atoms with Crippen LogP contribution in [-0.4, -0.2) is 73.6 Å². The monoisotopic (exact) mass is 598 g/mol. The Morgan fingerprint density at radius 2 is 1.79 bits per heavy atom. The molecule has 3 atom stereocenters. The van der Waals surface area contributed by atoms with E-state index in [1.165, 1.54) is 40.5 Å². The molecule has 0 aliphatic carbocycles. The Bertz CT molecular complexity index is 1530. The number of nitrogens with one attached hydrogen (secondary N) is 2. The number of sulfonamides is 1. The smallest absolute Gasteiger partial charge is 0.323 e. The second kappa shape index (κ2) is 12.9. The average Bonchev–Trinajstić information content (AvgIpc) is 2.96. The number of fused-ring (bicyclic) bond motifs is 1. The molecule has 1 aliphatic heterocycles. The molecule has 0 spiro atoms. The number of urea groups is 1. The van der Waals surface area contributed by atoms with Gasteiger partial charge in [0.15, 0.2) is 5.75 Å². The molecule has 0 fully saturated rings. The molecule has 3 N–H and O–H groups in total. The van der Waals surface area contributed by atoms with E-state index in [0.717, 1.165) is 5.56 Å². The minimum Gasteiger partial charge on any atom is -0.486 e. The van der Waals surface area contributed by atoms with Crippen LogP contribution in [0.3, 0.4) is 0 Å². The highest BCUT2D eigenvalue weighted by Crippen LogP contribution is 2.35. The number of para-hydroxylation sites is 1. The SMILES string of the molecule is Cc1ccc(S(=O)(=O)N(C)C[C@H]2Oc3c(NC(=O)Nc4ccc(F)cc4)cccc3C(=O)N([C@@H](C)CO)C[C@@H]2C)cc1. The summed E-state index contributed by atoms with van der Waals surface area (Å²) in [6.45, 7) is 5.29. The van der Waals surface area contributed by atoms with E-state index in [2.05, 4.69) is 10.6 Å². The molecule has 0 unspecified atom stereocenters. The average molecular weight is 599 g/mol. The zero-order valence-corrected chi connectivity index (χ0v) is 24.7. The number of benzene rings is 3. The molecular formula is C30H35FN4O6S. The van der Waals surface area contributed by atoms with Crippen LogP contribution in [0.25, 0.3) is 0 Å². The summed E-state index contributed by atoms with van der Waals surface area (Å²) in [5.74, 6) is -1.15. The summed E-state index contributed by atoms with van der Waals surface area (Å²) in [6, 6.07) is 15.3. The van der Waals surface area contributed by atoms with Crippen LogP contribution in [-0.2, 0) is 10.0 Å². The molecule has 0 bridgehead atoms. The Morgan fingerprint density at radius 3 is 2.43 bits per heavy atom. The van der Waals surface area contributed by atoms with Crippen LogP contribution < -0.4 is 15.4 Å². The van der Waals surface area contributed by atoms with Gasteiger partial charge in [-0.25, -0.2) is 17.6 Å². The van der Waals surface area contributed by atoms with Crippen LogP contribution >= 0.6 is 0 Å². The van der Waals surface area contributed by atoms with Crippen LogP contribution in [0.4, 0.5) is 20.6 Å². The molecule has 1 aliphatic rings. The molecule has 4 rings (SSSR count). The van der Waals surface area contributed by atoms with Crippen LogP contribution in [0.2, 0.25) is 0 Å². The molecule has 3 amide bonds. The summed E-state index contributed by atoms with van der Waals surface area (Å²) >= 11 is 0. The molecule has 0 saturated heterocycles. The lowest BCUT2D eigenvalue weighted by Gasteiger charge is -2.38. The number of carbonyl (C=O) groups excluding carboxylic acids is 2. The second-order valence-electron chi connectivity index (χ2n) is 10.5. The van der Waals surface area contributed by atoms with Crippen molar-refractivity contribution in [3.8, 4) is 5.75 Å². The lowest BCUT2D eigenvalue weighted by Crippen LogP contribution is -2.50. The first-order valence-corrected chi connectivity index (χ1v) is 14.9. The summed E-state index contributed by atoms with van der Waals surface area (Å²) in [5.41, 5.74) is 1.61. The Morgan fingerprint density at radius 1 is 1.12 bits per heavy atom. The van der Waals surface area contributed by atoms with Crippen LogP contribution in [0.5, 0.6) is 5.75 Å². The molecule has 0 aromatic heterocycles. The van der Waals surface area contributed by atoms with E-state index < -0.39 is 39.9 Å². The third-order valence-corrected chi connectivity index (χ3v) is 9.05. The highest BCUT2D eigenvalue weighted by atomic mass is 32.2. The van der Waals surface area contributed by atoms with Crippen molar-refractivity contribution in [2.75, 3.05) is 37.4 Å². The number of amides is 3. The number of ether oxygens (including phenoxy) is 1. The predicted molar refractivity (Wildman–Crippen MR) is 158 cm³/mol. The van der Waals surface area contributed by atoms with Crippen molar-refractivity contribution in [1.82, 2.24) is 9.21 Å². The van der Waals surface area contributed by atoms with Crippen LogP contribution in [0.15, 0.2) is 71.6 Å².